The van der Waals surface area contributed by atoms with Crippen LogP contribution < -0.4 is 26.1 Å². The van der Waals surface area contributed by atoms with Crippen LogP contribution in [0.15, 0.2) is 42.5 Å². The number of hydrogen-bond acceptors (Lipinski definition) is 6. The minimum atomic E-state index is 0.0689. The van der Waals surface area contributed by atoms with E-state index in [1.165, 1.54) is 0 Å². The molecule has 0 aromatic heterocycles. The second-order valence-electron chi connectivity index (χ2n) is 6.88. The number of nitrogens with zero attached hydrogens (tertiary/aromatic N) is 1. The molecule has 1 saturated heterocycles. The molecule has 1 fully saturated rings. The van der Waals surface area contributed by atoms with E-state index in [2.05, 4.69) is 10.7 Å². The normalized spacial score (nSPS) is 18.4. The average Bonchev–Trinajstić information content (AvgIpc) is 3.16. The van der Waals surface area contributed by atoms with Gasteiger partial charge in [-0.1, -0.05) is 12.1 Å². The number of likely N-dealkylation sites (tertiary alicyclic amines) is 1. The maximum atomic E-state index is 12.8. The zero-order valence-electron chi connectivity index (χ0n) is 15.1. The van der Waals surface area contributed by atoms with E-state index >= 15 is 0 Å². The van der Waals surface area contributed by atoms with Crippen molar-refractivity contribution in [3.63, 3.8) is 0 Å². The molecule has 2 aromatic carbocycles. The summed E-state index contributed by atoms with van der Waals surface area (Å²) < 4.78 is 10.8. The number of anilines is 1. The van der Waals surface area contributed by atoms with Crippen LogP contribution in [0.25, 0.3) is 0 Å². The Morgan fingerprint density at radius 3 is 2.78 bits per heavy atom. The molecular formula is C20H24N4O3. The van der Waals surface area contributed by atoms with Gasteiger partial charge in [0.1, 0.15) is 0 Å². The van der Waals surface area contributed by atoms with Crippen LogP contribution in [0.5, 0.6) is 11.5 Å². The van der Waals surface area contributed by atoms with Crippen LogP contribution in [0.3, 0.4) is 0 Å². The summed E-state index contributed by atoms with van der Waals surface area (Å²) in [7, 11) is 0. The zero-order valence-corrected chi connectivity index (χ0v) is 15.1. The Morgan fingerprint density at radius 1 is 1.15 bits per heavy atom. The zero-order chi connectivity index (χ0) is 18.6. The fourth-order valence-corrected chi connectivity index (χ4v) is 3.57. The number of nitrogens with two attached hydrogens (primary N) is 1. The van der Waals surface area contributed by atoms with Crippen LogP contribution in [0.1, 0.15) is 28.8 Å². The first-order valence-electron chi connectivity index (χ1n) is 9.21. The molecule has 2 aliphatic rings. The molecule has 1 unspecified atom stereocenters. The van der Waals surface area contributed by atoms with Gasteiger partial charge in [-0.2, -0.15) is 0 Å². The monoisotopic (exact) mass is 368 g/mol. The molecule has 0 spiro atoms. The van der Waals surface area contributed by atoms with Crippen LogP contribution in [0.4, 0.5) is 5.69 Å². The smallest absolute Gasteiger partial charge is 0.253 e. The van der Waals surface area contributed by atoms with Crippen molar-refractivity contribution in [2.45, 2.75) is 25.4 Å². The van der Waals surface area contributed by atoms with Crippen molar-refractivity contribution < 1.29 is 14.3 Å². The molecule has 4 N–H and O–H groups in total. The molecule has 1 atom stereocenters. The molecule has 7 nitrogen and oxygen atoms in total. The van der Waals surface area contributed by atoms with Gasteiger partial charge in [-0.25, -0.2) is 0 Å². The Labute approximate surface area is 158 Å². The highest BCUT2D eigenvalue weighted by Gasteiger charge is 2.25. The second-order valence-corrected chi connectivity index (χ2v) is 6.88. The molecule has 0 radical (unpaired) electrons. The Balaban J connectivity index is 1.39. The molecule has 2 aromatic rings. The van der Waals surface area contributed by atoms with Crippen LogP contribution in [-0.2, 0) is 6.54 Å². The third-order valence-corrected chi connectivity index (χ3v) is 4.96. The summed E-state index contributed by atoms with van der Waals surface area (Å²) in [6.45, 7) is 2.31. The summed E-state index contributed by atoms with van der Waals surface area (Å²) in [5.74, 6) is 6.94. The first kappa shape index (κ1) is 17.6. The molecule has 142 valence electrons. The number of hydrazine groups is 1. The van der Waals surface area contributed by atoms with E-state index in [9.17, 15) is 4.79 Å². The van der Waals surface area contributed by atoms with Crippen molar-refractivity contribution in [2.24, 2.45) is 5.84 Å². The van der Waals surface area contributed by atoms with E-state index in [4.69, 9.17) is 15.3 Å². The SMILES string of the molecule is NNCc1ccc(C(=O)N2CCCC(Nc3ccc4c(c3)OCO4)C2)cc1. The molecular weight excluding hydrogens is 344 g/mol. The number of carbonyl (C=O) groups is 1. The summed E-state index contributed by atoms with van der Waals surface area (Å²) in [4.78, 5) is 14.8. The molecule has 4 rings (SSSR count). The predicted molar refractivity (Wildman–Crippen MR) is 103 cm³/mol. The highest BCUT2D eigenvalue weighted by molar-refractivity contribution is 5.94. The van der Waals surface area contributed by atoms with Gasteiger partial charge in [0.25, 0.3) is 5.91 Å². The van der Waals surface area contributed by atoms with Gasteiger partial charge in [0.05, 0.1) is 0 Å². The van der Waals surface area contributed by atoms with E-state index in [1.807, 2.05) is 47.4 Å². The Bertz CT molecular complexity index is 809. The molecule has 2 heterocycles. The first-order chi connectivity index (χ1) is 13.2. The maximum Gasteiger partial charge on any atom is 0.253 e. The molecule has 0 bridgehead atoms. The summed E-state index contributed by atoms with van der Waals surface area (Å²) in [6, 6.07) is 13.6. The van der Waals surface area contributed by atoms with Gasteiger partial charge in [0, 0.05) is 43.0 Å². The Hall–Kier alpha value is -2.77. The van der Waals surface area contributed by atoms with Crippen LogP contribution in [0, 0.1) is 0 Å². The van der Waals surface area contributed by atoms with Crippen molar-refractivity contribution in [3.05, 3.63) is 53.6 Å². The largest absolute Gasteiger partial charge is 0.454 e. The van der Waals surface area contributed by atoms with Crippen LogP contribution >= 0.6 is 0 Å². The lowest BCUT2D eigenvalue weighted by Crippen LogP contribution is -2.45. The van der Waals surface area contributed by atoms with Crippen LogP contribution in [0.2, 0.25) is 0 Å². The first-order valence-corrected chi connectivity index (χ1v) is 9.21. The summed E-state index contributed by atoms with van der Waals surface area (Å²) in [5, 5.41) is 3.52. The third kappa shape index (κ3) is 3.99. The number of rotatable bonds is 5. The summed E-state index contributed by atoms with van der Waals surface area (Å²) in [5.41, 5.74) is 5.36. The molecule has 0 saturated carbocycles. The lowest BCUT2D eigenvalue weighted by molar-refractivity contribution is 0.0715. The lowest BCUT2D eigenvalue weighted by atomic mass is 10.0. The van der Waals surface area contributed by atoms with Gasteiger partial charge in [-0.3, -0.25) is 16.1 Å². The van der Waals surface area contributed by atoms with Crippen molar-refractivity contribution in [3.8, 4) is 11.5 Å². The number of nitrogens with one attached hydrogen (secondary N) is 2. The van der Waals surface area contributed by atoms with Gasteiger partial charge < -0.3 is 19.7 Å². The highest BCUT2D eigenvalue weighted by Crippen LogP contribution is 2.34. The summed E-state index contributed by atoms with van der Waals surface area (Å²) >= 11 is 0. The number of hydrogen-bond donors (Lipinski definition) is 3. The van der Waals surface area contributed by atoms with Crippen LogP contribution in [-0.4, -0.2) is 36.7 Å². The highest BCUT2D eigenvalue weighted by atomic mass is 16.7. The van der Waals surface area contributed by atoms with E-state index in [0.717, 1.165) is 42.1 Å². The molecule has 7 heteroatoms. The Kier molecular flexibility index (Phi) is 5.13. The number of benzene rings is 2. The van der Waals surface area contributed by atoms with Gasteiger partial charge in [0.2, 0.25) is 6.79 Å². The molecule has 0 aliphatic carbocycles. The number of ether oxygens (including phenoxy) is 2. The van der Waals surface area contributed by atoms with Gasteiger partial charge >= 0.3 is 0 Å². The third-order valence-electron chi connectivity index (χ3n) is 4.96. The van der Waals surface area contributed by atoms with Gasteiger partial charge in [0.15, 0.2) is 11.5 Å². The number of carbonyl (C=O) groups excluding carboxylic acids is 1. The van der Waals surface area contributed by atoms with E-state index in [0.29, 0.717) is 18.7 Å². The molecule has 27 heavy (non-hydrogen) atoms. The molecule has 2 aliphatic heterocycles. The minimum Gasteiger partial charge on any atom is -0.454 e. The van der Waals surface area contributed by atoms with Crippen molar-refractivity contribution in [2.75, 3.05) is 25.2 Å². The van der Waals surface area contributed by atoms with Gasteiger partial charge in [-0.05, 0) is 42.7 Å². The minimum absolute atomic E-state index is 0.0689. The fourth-order valence-electron chi connectivity index (χ4n) is 3.57. The van der Waals surface area contributed by atoms with Gasteiger partial charge in [-0.15, -0.1) is 0 Å². The average molecular weight is 368 g/mol. The van der Waals surface area contributed by atoms with E-state index in [1.54, 1.807) is 0 Å². The number of piperidine rings is 1. The second kappa shape index (κ2) is 7.85. The standard InChI is InChI=1S/C20H24N4O3/c21-22-11-14-3-5-15(6-4-14)20(25)24-9-1-2-17(12-24)23-16-7-8-18-19(10-16)27-13-26-18/h3-8,10,17,22-23H,1-2,9,11-13,21H2. The number of amides is 1. The number of fused-ring (bicyclic) bond motifs is 1. The van der Waals surface area contributed by atoms with Crippen molar-refractivity contribution in [1.82, 2.24) is 10.3 Å². The van der Waals surface area contributed by atoms with E-state index in [-0.39, 0.29) is 18.7 Å². The quantitative estimate of drug-likeness (QED) is 0.553. The van der Waals surface area contributed by atoms with Crippen molar-refractivity contribution >= 4 is 11.6 Å². The molecule has 1 amide bonds. The topological polar surface area (TPSA) is 88.9 Å². The maximum absolute atomic E-state index is 12.8. The van der Waals surface area contributed by atoms with E-state index < -0.39 is 0 Å². The fraction of sp³-hybridized carbons (Fsp3) is 0.350. The predicted octanol–water partition coefficient (Wildman–Crippen LogP) is 2.10. The summed E-state index contributed by atoms with van der Waals surface area (Å²) in [6.07, 6.45) is 2.00. The lowest BCUT2D eigenvalue weighted by Gasteiger charge is -2.34. The Morgan fingerprint density at radius 2 is 1.96 bits per heavy atom. The van der Waals surface area contributed by atoms with Crippen molar-refractivity contribution in [1.29, 1.82) is 0 Å².